The van der Waals surface area contributed by atoms with Crippen LogP contribution in [0.2, 0.25) is 0 Å². The van der Waals surface area contributed by atoms with Gasteiger partial charge in [-0.2, -0.15) is 5.10 Å². The number of hydrogen-bond acceptors (Lipinski definition) is 3. The number of sulfonamides is 1. The van der Waals surface area contributed by atoms with Crippen molar-refractivity contribution >= 4 is 27.2 Å². The minimum absolute atomic E-state index is 0.110. The highest BCUT2D eigenvalue weighted by Gasteiger charge is 2.14. The smallest absolute Gasteiger partial charge is 0.247 e. The normalized spacial score (nSPS) is 12.0. The Morgan fingerprint density at radius 1 is 0.667 bits per heavy atom. The van der Waals surface area contributed by atoms with E-state index in [1.165, 1.54) is 70.6 Å². The standard InChI is InChI=1S/C30H47N3O2S/c1-3-4-5-6-7-8-9-10-11-12-13-14-15-22-27-36(34,35)32-31-28(2)33(29-23-18-16-19-24-29)30-25-20-17-21-26-30/h16-21,23-26,32H,3-15,22,27H2,1-2H3/b31-28+. The third-order valence-electron chi connectivity index (χ3n) is 6.47. The van der Waals surface area contributed by atoms with E-state index in [1.807, 2.05) is 72.5 Å². The molecule has 0 heterocycles. The summed E-state index contributed by atoms with van der Waals surface area (Å²) < 4.78 is 25.0. The summed E-state index contributed by atoms with van der Waals surface area (Å²) in [5.41, 5.74) is 1.85. The van der Waals surface area contributed by atoms with E-state index in [0.29, 0.717) is 12.3 Å². The van der Waals surface area contributed by atoms with Gasteiger partial charge in [0.15, 0.2) is 0 Å². The molecule has 0 aromatic heterocycles. The molecule has 0 aliphatic rings. The van der Waals surface area contributed by atoms with Crippen LogP contribution in [0.5, 0.6) is 0 Å². The summed E-state index contributed by atoms with van der Waals surface area (Å²) in [4.78, 5) is 4.38. The number of para-hydroxylation sites is 2. The highest BCUT2D eigenvalue weighted by atomic mass is 32.2. The van der Waals surface area contributed by atoms with Crippen LogP contribution < -0.4 is 9.73 Å². The zero-order chi connectivity index (χ0) is 25.9. The molecule has 2 aromatic rings. The van der Waals surface area contributed by atoms with Crippen molar-refractivity contribution in [1.29, 1.82) is 0 Å². The Bertz CT molecular complexity index is 907. The first-order valence-electron chi connectivity index (χ1n) is 14.0. The topological polar surface area (TPSA) is 61.8 Å². The quantitative estimate of drug-likeness (QED) is 0.0885. The lowest BCUT2D eigenvalue weighted by Crippen LogP contribution is -2.29. The second-order valence-corrected chi connectivity index (χ2v) is 11.5. The van der Waals surface area contributed by atoms with E-state index in [2.05, 4.69) is 16.9 Å². The monoisotopic (exact) mass is 513 g/mol. The summed E-state index contributed by atoms with van der Waals surface area (Å²) in [6.45, 7) is 4.08. The molecule has 2 rings (SSSR count). The average molecular weight is 514 g/mol. The molecule has 6 heteroatoms. The van der Waals surface area contributed by atoms with Crippen molar-refractivity contribution in [3.05, 3.63) is 60.7 Å². The second-order valence-electron chi connectivity index (χ2n) is 9.67. The number of unbranched alkanes of at least 4 members (excludes halogenated alkanes) is 13. The van der Waals surface area contributed by atoms with Crippen LogP contribution in [0.1, 0.15) is 104 Å². The molecule has 200 valence electrons. The molecule has 0 radical (unpaired) electrons. The summed E-state index contributed by atoms with van der Waals surface area (Å²) in [5, 5.41) is 4.24. The maximum atomic E-state index is 12.5. The first-order valence-corrected chi connectivity index (χ1v) is 15.6. The molecular formula is C30H47N3O2S. The molecule has 0 aliphatic heterocycles. The second kappa shape index (κ2) is 18.0. The zero-order valence-corrected chi connectivity index (χ0v) is 23.3. The number of benzene rings is 2. The highest BCUT2D eigenvalue weighted by molar-refractivity contribution is 7.89. The molecule has 0 amide bonds. The molecule has 0 bridgehead atoms. The van der Waals surface area contributed by atoms with Crippen molar-refractivity contribution in [3.8, 4) is 0 Å². The van der Waals surface area contributed by atoms with Crippen LogP contribution in [0.3, 0.4) is 0 Å². The minimum atomic E-state index is -3.46. The predicted molar refractivity (Wildman–Crippen MR) is 155 cm³/mol. The molecule has 0 spiro atoms. The van der Waals surface area contributed by atoms with Crippen LogP contribution in [0.25, 0.3) is 0 Å². The van der Waals surface area contributed by atoms with Crippen molar-refractivity contribution < 1.29 is 8.42 Å². The molecule has 0 unspecified atom stereocenters. The molecule has 0 fully saturated rings. The average Bonchev–Trinajstić information content (AvgIpc) is 2.89. The van der Waals surface area contributed by atoms with E-state index < -0.39 is 10.0 Å². The van der Waals surface area contributed by atoms with E-state index in [1.54, 1.807) is 0 Å². The first-order chi connectivity index (χ1) is 17.5. The van der Waals surface area contributed by atoms with Gasteiger partial charge in [0.2, 0.25) is 10.0 Å². The van der Waals surface area contributed by atoms with Gasteiger partial charge >= 0.3 is 0 Å². The van der Waals surface area contributed by atoms with Crippen LogP contribution in [0.15, 0.2) is 65.8 Å². The predicted octanol–water partition coefficient (Wildman–Crippen LogP) is 8.56. The summed E-state index contributed by atoms with van der Waals surface area (Å²) in [7, 11) is -3.46. The van der Waals surface area contributed by atoms with E-state index >= 15 is 0 Å². The fourth-order valence-corrected chi connectivity index (χ4v) is 5.34. The molecule has 1 N–H and O–H groups in total. The molecule has 0 aliphatic carbocycles. The largest absolute Gasteiger partial charge is 0.297 e. The van der Waals surface area contributed by atoms with Crippen molar-refractivity contribution in [1.82, 2.24) is 4.83 Å². The summed E-state index contributed by atoms with van der Waals surface area (Å²) >= 11 is 0. The number of nitrogens with zero attached hydrogens (tertiary/aromatic N) is 2. The van der Waals surface area contributed by atoms with Crippen LogP contribution in [-0.4, -0.2) is 20.0 Å². The molecular weight excluding hydrogens is 466 g/mol. The number of hydrazone groups is 1. The zero-order valence-electron chi connectivity index (χ0n) is 22.5. The van der Waals surface area contributed by atoms with Gasteiger partial charge < -0.3 is 0 Å². The Morgan fingerprint density at radius 2 is 1.06 bits per heavy atom. The van der Waals surface area contributed by atoms with Crippen LogP contribution in [-0.2, 0) is 10.0 Å². The van der Waals surface area contributed by atoms with E-state index in [-0.39, 0.29) is 5.75 Å². The maximum absolute atomic E-state index is 12.5. The van der Waals surface area contributed by atoms with Gasteiger partial charge in [0.05, 0.1) is 5.75 Å². The highest BCUT2D eigenvalue weighted by Crippen LogP contribution is 2.25. The third-order valence-corrected chi connectivity index (χ3v) is 7.66. The van der Waals surface area contributed by atoms with E-state index in [0.717, 1.165) is 24.2 Å². The number of amidine groups is 1. The number of rotatable bonds is 19. The Labute approximate surface area is 220 Å². The minimum Gasteiger partial charge on any atom is -0.297 e. The van der Waals surface area contributed by atoms with Gasteiger partial charge in [0.25, 0.3) is 0 Å². The Kier molecular flexibility index (Phi) is 14.9. The van der Waals surface area contributed by atoms with Crippen molar-refractivity contribution in [3.63, 3.8) is 0 Å². The summed E-state index contributed by atoms with van der Waals surface area (Å²) in [6.07, 6.45) is 17.5. The van der Waals surface area contributed by atoms with E-state index in [9.17, 15) is 8.42 Å². The fraction of sp³-hybridized carbons (Fsp3) is 0.567. The van der Waals surface area contributed by atoms with Crippen molar-refractivity contribution in [2.45, 2.75) is 104 Å². The van der Waals surface area contributed by atoms with Crippen molar-refractivity contribution in [2.24, 2.45) is 5.10 Å². The number of hydrogen-bond donors (Lipinski definition) is 1. The lowest BCUT2D eigenvalue weighted by molar-refractivity contribution is 0.536. The third kappa shape index (κ3) is 12.6. The molecule has 0 atom stereocenters. The fourth-order valence-electron chi connectivity index (χ4n) is 4.39. The van der Waals surface area contributed by atoms with Gasteiger partial charge in [-0.1, -0.05) is 127 Å². The van der Waals surface area contributed by atoms with Gasteiger partial charge in [-0.3, -0.25) is 4.90 Å². The lowest BCUT2D eigenvalue weighted by Gasteiger charge is -2.24. The van der Waals surface area contributed by atoms with E-state index in [4.69, 9.17) is 0 Å². The maximum Gasteiger partial charge on any atom is 0.247 e. The summed E-state index contributed by atoms with van der Waals surface area (Å²) in [5.74, 6) is 0.676. The lowest BCUT2D eigenvalue weighted by atomic mass is 10.0. The molecule has 5 nitrogen and oxygen atoms in total. The van der Waals surface area contributed by atoms with Gasteiger partial charge in [-0.05, 0) is 37.6 Å². The van der Waals surface area contributed by atoms with Gasteiger partial charge in [0.1, 0.15) is 5.84 Å². The van der Waals surface area contributed by atoms with Crippen LogP contribution >= 0.6 is 0 Å². The van der Waals surface area contributed by atoms with Crippen molar-refractivity contribution in [2.75, 3.05) is 10.7 Å². The van der Waals surface area contributed by atoms with Crippen LogP contribution in [0, 0.1) is 0 Å². The molecule has 2 aromatic carbocycles. The summed E-state index contributed by atoms with van der Waals surface area (Å²) in [6, 6.07) is 19.7. The molecule has 0 saturated heterocycles. The number of nitrogens with one attached hydrogen (secondary N) is 1. The SMILES string of the molecule is CCCCCCCCCCCCCCCCS(=O)(=O)N/N=C(\C)N(c1ccccc1)c1ccccc1. The Hall–Kier alpha value is -2.34. The molecule has 0 saturated carbocycles. The van der Waals surface area contributed by atoms with Crippen LogP contribution in [0.4, 0.5) is 11.4 Å². The Morgan fingerprint density at radius 3 is 1.47 bits per heavy atom. The first kappa shape index (κ1) is 29.9. The van der Waals surface area contributed by atoms with Gasteiger partial charge in [0, 0.05) is 11.4 Å². The van der Waals surface area contributed by atoms with Gasteiger partial charge in [-0.25, -0.2) is 13.2 Å². The van der Waals surface area contributed by atoms with Gasteiger partial charge in [-0.15, -0.1) is 0 Å². The number of anilines is 2. The molecule has 36 heavy (non-hydrogen) atoms. The Balaban J connectivity index is 1.65.